The Labute approximate surface area is 149 Å². The van der Waals surface area contributed by atoms with Gasteiger partial charge in [-0.25, -0.2) is 4.98 Å². The Hall–Kier alpha value is -1.88. The van der Waals surface area contributed by atoms with Crippen LogP contribution in [0.25, 0.3) is 11.0 Å². The summed E-state index contributed by atoms with van der Waals surface area (Å²) >= 11 is 0. The molecule has 2 aromatic rings. The van der Waals surface area contributed by atoms with Crippen LogP contribution in [0.5, 0.6) is 0 Å². The number of fused-ring (bicyclic) bond motifs is 1. The molecule has 2 heterocycles. The van der Waals surface area contributed by atoms with Crippen molar-refractivity contribution in [2.24, 2.45) is 18.9 Å². The van der Waals surface area contributed by atoms with Gasteiger partial charge in [0.2, 0.25) is 5.91 Å². The van der Waals surface area contributed by atoms with E-state index in [1.165, 1.54) is 5.52 Å². The van der Waals surface area contributed by atoms with Crippen molar-refractivity contribution >= 4 is 16.9 Å². The summed E-state index contributed by atoms with van der Waals surface area (Å²) in [5, 5.41) is 3.72. The Morgan fingerprint density at radius 2 is 2.08 bits per heavy atom. The molecule has 5 nitrogen and oxygen atoms in total. The summed E-state index contributed by atoms with van der Waals surface area (Å²) in [6.45, 7) is 4.82. The van der Waals surface area contributed by atoms with Crippen LogP contribution in [0.3, 0.4) is 0 Å². The lowest BCUT2D eigenvalue weighted by atomic mass is 9.89. The molecule has 1 saturated carbocycles. The second kappa shape index (κ2) is 6.79. The van der Waals surface area contributed by atoms with E-state index in [2.05, 4.69) is 47.0 Å². The van der Waals surface area contributed by atoms with Gasteiger partial charge < -0.3 is 14.8 Å². The molecule has 0 spiro atoms. The van der Waals surface area contributed by atoms with Gasteiger partial charge in [-0.15, -0.1) is 0 Å². The van der Waals surface area contributed by atoms with Gasteiger partial charge in [0, 0.05) is 32.1 Å². The third-order valence-corrected chi connectivity index (χ3v) is 5.90. The molecule has 1 amide bonds. The summed E-state index contributed by atoms with van der Waals surface area (Å²) in [5.74, 6) is 2.34. The minimum absolute atomic E-state index is 0.335. The summed E-state index contributed by atoms with van der Waals surface area (Å²) in [7, 11) is 2.08. The largest absolute Gasteiger partial charge is 0.342 e. The van der Waals surface area contributed by atoms with E-state index < -0.39 is 0 Å². The predicted molar refractivity (Wildman–Crippen MR) is 99.0 cm³/mol. The van der Waals surface area contributed by atoms with Crippen molar-refractivity contribution in [1.82, 2.24) is 19.8 Å². The van der Waals surface area contributed by atoms with Crippen molar-refractivity contribution < 1.29 is 4.79 Å². The minimum Gasteiger partial charge on any atom is -0.342 e. The molecular formula is C20H28N4O. The first-order valence-corrected chi connectivity index (χ1v) is 9.60. The maximum Gasteiger partial charge on any atom is 0.225 e. The zero-order chi connectivity index (χ0) is 17.4. The first-order valence-electron chi connectivity index (χ1n) is 9.60. The number of benzene rings is 1. The zero-order valence-corrected chi connectivity index (χ0v) is 15.2. The topological polar surface area (TPSA) is 50.2 Å². The lowest BCUT2D eigenvalue weighted by molar-refractivity contribution is -0.134. The first-order chi connectivity index (χ1) is 12.2. The summed E-state index contributed by atoms with van der Waals surface area (Å²) in [6.07, 6.45) is 4.34. The number of likely N-dealkylation sites (tertiary alicyclic amines) is 1. The number of piperidine rings is 1. The quantitative estimate of drug-likeness (QED) is 0.910. The van der Waals surface area contributed by atoms with E-state index in [0.29, 0.717) is 23.8 Å². The Balaban J connectivity index is 1.40. The normalized spacial score (nSPS) is 24.0. The molecule has 2 aliphatic rings. The summed E-state index contributed by atoms with van der Waals surface area (Å²) in [4.78, 5) is 19.2. The number of hydrogen-bond donors (Lipinski definition) is 1. The number of carbonyl (C=O) groups is 1. The minimum atomic E-state index is 0.335. The molecule has 5 heteroatoms. The van der Waals surface area contributed by atoms with Crippen molar-refractivity contribution in [2.45, 2.75) is 45.2 Å². The number of carbonyl (C=O) groups excluding carboxylic acids is 1. The first kappa shape index (κ1) is 16.6. The van der Waals surface area contributed by atoms with Crippen LogP contribution in [0, 0.1) is 11.8 Å². The highest BCUT2D eigenvalue weighted by Crippen LogP contribution is 2.33. The SMILES string of the molecule is CC[C@@H]1CN(C(=O)C2CC2)CC[C@@H]1NCc1nc2ccccc2n1C. The number of para-hydroxylation sites is 2. The van der Waals surface area contributed by atoms with Gasteiger partial charge in [-0.1, -0.05) is 25.5 Å². The van der Waals surface area contributed by atoms with E-state index >= 15 is 0 Å². The highest BCUT2D eigenvalue weighted by atomic mass is 16.2. The number of aromatic nitrogens is 2. The van der Waals surface area contributed by atoms with E-state index in [9.17, 15) is 4.79 Å². The van der Waals surface area contributed by atoms with E-state index in [1.54, 1.807) is 0 Å². The Kier molecular flexibility index (Phi) is 4.50. The fourth-order valence-electron chi connectivity index (χ4n) is 4.08. The second-order valence-corrected chi connectivity index (χ2v) is 7.58. The number of nitrogens with zero attached hydrogens (tertiary/aromatic N) is 3. The smallest absolute Gasteiger partial charge is 0.225 e. The molecule has 1 N–H and O–H groups in total. The van der Waals surface area contributed by atoms with Gasteiger partial charge in [0.25, 0.3) is 0 Å². The monoisotopic (exact) mass is 340 g/mol. The van der Waals surface area contributed by atoms with Crippen LogP contribution >= 0.6 is 0 Å². The molecule has 25 heavy (non-hydrogen) atoms. The van der Waals surface area contributed by atoms with E-state index in [-0.39, 0.29) is 0 Å². The van der Waals surface area contributed by atoms with Gasteiger partial charge in [-0.05, 0) is 37.3 Å². The van der Waals surface area contributed by atoms with Crippen LogP contribution in [-0.4, -0.2) is 39.5 Å². The molecular weight excluding hydrogens is 312 g/mol. The van der Waals surface area contributed by atoms with Gasteiger partial charge in [0.05, 0.1) is 17.6 Å². The predicted octanol–water partition coefficient (Wildman–Crippen LogP) is 2.70. The third kappa shape index (κ3) is 3.30. The van der Waals surface area contributed by atoms with Gasteiger partial charge >= 0.3 is 0 Å². The zero-order valence-electron chi connectivity index (χ0n) is 15.2. The molecule has 134 valence electrons. The highest BCUT2D eigenvalue weighted by Gasteiger charge is 2.37. The van der Waals surface area contributed by atoms with Crippen LogP contribution in [-0.2, 0) is 18.4 Å². The summed E-state index contributed by atoms with van der Waals surface area (Å²) < 4.78 is 2.18. The molecule has 1 aliphatic carbocycles. The number of aryl methyl sites for hydroxylation is 1. The average Bonchev–Trinajstić information content (AvgIpc) is 3.44. The number of imidazole rings is 1. The summed E-state index contributed by atoms with van der Waals surface area (Å²) in [6, 6.07) is 8.74. The van der Waals surface area contributed by atoms with Crippen LogP contribution in [0.1, 0.15) is 38.4 Å². The number of amides is 1. The van der Waals surface area contributed by atoms with Crippen molar-refractivity contribution in [3.05, 3.63) is 30.1 Å². The summed E-state index contributed by atoms with van der Waals surface area (Å²) in [5.41, 5.74) is 2.23. The van der Waals surface area contributed by atoms with Crippen molar-refractivity contribution in [3.63, 3.8) is 0 Å². The van der Waals surface area contributed by atoms with Crippen molar-refractivity contribution in [1.29, 1.82) is 0 Å². The van der Waals surface area contributed by atoms with Gasteiger partial charge in [-0.2, -0.15) is 0 Å². The van der Waals surface area contributed by atoms with Gasteiger partial charge in [-0.3, -0.25) is 4.79 Å². The molecule has 4 rings (SSSR count). The van der Waals surface area contributed by atoms with Crippen LogP contribution in [0.4, 0.5) is 0 Å². The van der Waals surface area contributed by atoms with Gasteiger partial charge in [0.15, 0.2) is 0 Å². The van der Waals surface area contributed by atoms with Crippen LogP contribution in [0.15, 0.2) is 24.3 Å². The average molecular weight is 340 g/mol. The van der Waals surface area contributed by atoms with Gasteiger partial charge in [0.1, 0.15) is 5.82 Å². The molecule has 0 radical (unpaired) electrons. The van der Waals surface area contributed by atoms with E-state index in [1.807, 2.05) is 6.07 Å². The number of hydrogen-bond acceptors (Lipinski definition) is 3. The highest BCUT2D eigenvalue weighted by molar-refractivity contribution is 5.81. The molecule has 0 unspecified atom stereocenters. The second-order valence-electron chi connectivity index (χ2n) is 7.58. The van der Waals surface area contributed by atoms with Crippen LogP contribution < -0.4 is 5.32 Å². The Morgan fingerprint density at radius 3 is 2.80 bits per heavy atom. The Morgan fingerprint density at radius 1 is 1.28 bits per heavy atom. The fourth-order valence-corrected chi connectivity index (χ4v) is 4.08. The molecule has 2 fully saturated rings. The third-order valence-electron chi connectivity index (χ3n) is 5.90. The molecule has 1 aromatic heterocycles. The van der Waals surface area contributed by atoms with Crippen LogP contribution in [0.2, 0.25) is 0 Å². The molecule has 1 aliphatic heterocycles. The molecule has 1 saturated heterocycles. The molecule has 1 aromatic carbocycles. The maximum atomic E-state index is 12.3. The van der Waals surface area contributed by atoms with E-state index in [0.717, 1.165) is 56.7 Å². The fraction of sp³-hybridized carbons (Fsp3) is 0.600. The standard InChI is InChI=1S/C20H28N4O/c1-3-14-13-24(20(25)15-8-9-15)11-10-16(14)21-12-19-22-17-6-4-5-7-18(17)23(19)2/h4-7,14-16,21H,3,8-13H2,1-2H3/t14-,16+/m1/s1. The van der Waals surface area contributed by atoms with E-state index in [4.69, 9.17) is 4.98 Å². The molecule has 2 atom stereocenters. The van der Waals surface area contributed by atoms with Crippen molar-refractivity contribution in [2.75, 3.05) is 13.1 Å². The lowest BCUT2D eigenvalue weighted by Gasteiger charge is -2.39. The molecule has 0 bridgehead atoms. The lowest BCUT2D eigenvalue weighted by Crippen LogP contribution is -2.51. The number of nitrogens with one attached hydrogen (secondary N) is 1. The van der Waals surface area contributed by atoms with Crippen molar-refractivity contribution in [3.8, 4) is 0 Å². The Bertz CT molecular complexity index is 764. The number of rotatable bonds is 5. The maximum absolute atomic E-state index is 12.3.